The van der Waals surface area contributed by atoms with E-state index in [1.807, 2.05) is 0 Å². The van der Waals surface area contributed by atoms with Gasteiger partial charge in [0.15, 0.2) is 0 Å². The number of benzene rings is 1. The average Bonchev–Trinajstić information content (AvgIpc) is 2.67. The van der Waals surface area contributed by atoms with Crippen LogP contribution in [0.3, 0.4) is 0 Å². The first-order valence-corrected chi connectivity index (χ1v) is 8.83. The van der Waals surface area contributed by atoms with Crippen LogP contribution in [0.1, 0.15) is 23.7 Å². The van der Waals surface area contributed by atoms with Crippen molar-refractivity contribution in [3.8, 4) is 0 Å². The van der Waals surface area contributed by atoms with Crippen molar-refractivity contribution in [3.05, 3.63) is 35.9 Å². The Morgan fingerprint density at radius 2 is 1.86 bits per heavy atom. The number of amides is 2. The lowest BCUT2D eigenvalue weighted by Gasteiger charge is -2.44. The lowest BCUT2D eigenvalue weighted by molar-refractivity contribution is -0.294. The lowest BCUT2D eigenvalue weighted by Crippen LogP contribution is -2.67. The van der Waals surface area contributed by atoms with Crippen LogP contribution in [0.4, 0.5) is 0 Å². The van der Waals surface area contributed by atoms with Gasteiger partial charge in [0.1, 0.15) is 12.2 Å². The second-order valence-corrected chi connectivity index (χ2v) is 6.80. The summed E-state index contributed by atoms with van der Waals surface area (Å²) in [5, 5.41) is 54.8. The van der Waals surface area contributed by atoms with E-state index in [9.17, 15) is 34.8 Å². The van der Waals surface area contributed by atoms with Gasteiger partial charge >= 0.3 is 5.97 Å². The second kappa shape index (κ2) is 9.29. The topological polar surface area (TPSA) is 186 Å². The molecule has 160 valence electrons. The molecule has 29 heavy (non-hydrogen) atoms. The molecule has 11 nitrogen and oxygen atoms in total. The number of aliphatic carboxylic acids is 1. The maximum atomic E-state index is 12.1. The molecule has 1 aliphatic rings. The number of hydrogen-bond acceptors (Lipinski definition) is 8. The first-order chi connectivity index (χ1) is 13.5. The highest BCUT2D eigenvalue weighted by atomic mass is 16.7. The molecule has 0 aliphatic carbocycles. The number of nitrogens with one attached hydrogen (secondary N) is 2. The largest absolute Gasteiger partial charge is 0.477 e. The van der Waals surface area contributed by atoms with Crippen LogP contribution in [0, 0.1) is 0 Å². The summed E-state index contributed by atoms with van der Waals surface area (Å²) >= 11 is 0. The highest BCUT2D eigenvalue weighted by molar-refractivity contribution is 5.94. The Labute approximate surface area is 165 Å². The molecule has 1 aromatic rings. The maximum absolute atomic E-state index is 12.1. The maximum Gasteiger partial charge on any atom is 0.364 e. The standard InChI is InChI=1S/C18H24N2O9/c1-9(21)20-13-11(22)7-18(28,17(26)27)29-15(13)14(24)12(23)8-19-16(25)10-5-3-2-4-6-10/h2-6,11-15,22-24,28H,7-8H2,1H3,(H,19,25)(H,20,21)(H,26,27)/t11?,12?,13?,14?,15-,18?/m0/s1. The number of carboxylic acid groups (broad SMARTS) is 1. The van der Waals surface area contributed by atoms with E-state index in [0.29, 0.717) is 5.56 Å². The minimum Gasteiger partial charge on any atom is -0.477 e. The normalized spacial score (nSPS) is 28.8. The van der Waals surface area contributed by atoms with E-state index in [2.05, 4.69) is 10.6 Å². The van der Waals surface area contributed by atoms with Crippen LogP contribution in [-0.2, 0) is 14.3 Å². The molecule has 0 spiro atoms. The van der Waals surface area contributed by atoms with Gasteiger partial charge in [-0.3, -0.25) is 9.59 Å². The summed E-state index contributed by atoms with van der Waals surface area (Å²) < 4.78 is 5.05. The quantitative estimate of drug-likeness (QED) is 0.256. The molecular weight excluding hydrogens is 388 g/mol. The van der Waals surface area contributed by atoms with Gasteiger partial charge in [0.2, 0.25) is 5.91 Å². The molecule has 1 aliphatic heterocycles. The van der Waals surface area contributed by atoms with Gasteiger partial charge in [-0.1, -0.05) is 18.2 Å². The smallest absolute Gasteiger partial charge is 0.364 e. The Bertz CT molecular complexity index is 744. The summed E-state index contributed by atoms with van der Waals surface area (Å²) in [5.74, 6) is -5.76. The van der Waals surface area contributed by atoms with Crippen molar-refractivity contribution in [1.82, 2.24) is 10.6 Å². The van der Waals surface area contributed by atoms with Crippen molar-refractivity contribution in [2.45, 2.75) is 49.6 Å². The Balaban J connectivity index is 2.12. The predicted molar refractivity (Wildman–Crippen MR) is 96.5 cm³/mol. The molecule has 1 heterocycles. The molecule has 0 aromatic heterocycles. The van der Waals surface area contributed by atoms with Gasteiger partial charge in [-0.05, 0) is 12.1 Å². The van der Waals surface area contributed by atoms with Crippen LogP contribution in [0.5, 0.6) is 0 Å². The van der Waals surface area contributed by atoms with Crippen LogP contribution < -0.4 is 10.6 Å². The monoisotopic (exact) mass is 412 g/mol. The van der Waals surface area contributed by atoms with Gasteiger partial charge in [-0.15, -0.1) is 0 Å². The number of aliphatic hydroxyl groups excluding tert-OH is 3. The third kappa shape index (κ3) is 5.49. The van der Waals surface area contributed by atoms with Crippen LogP contribution in [0.15, 0.2) is 30.3 Å². The SMILES string of the molecule is CC(=O)NC1C(O)CC(O)(C(=O)O)O[C@@H]1C(O)C(O)CNC(=O)c1ccccc1. The van der Waals surface area contributed by atoms with E-state index in [1.54, 1.807) is 30.3 Å². The van der Waals surface area contributed by atoms with Gasteiger partial charge in [0, 0.05) is 25.5 Å². The van der Waals surface area contributed by atoms with Gasteiger partial charge < -0.3 is 40.9 Å². The summed E-state index contributed by atoms with van der Waals surface area (Å²) in [4.78, 5) is 34.7. The van der Waals surface area contributed by atoms with Crippen molar-refractivity contribution in [3.63, 3.8) is 0 Å². The zero-order chi connectivity index (χ0) is 21.8. The number of carbonyl (C=O) groups excluding carboxylic acids is 2. The fraction of sp³-hybridized carbons (Fsp3) is 0.500. The molecule has 11 heteroatoms. The Morgan fingerprint density at radius 1 is 1.24 bits per heavy atom. The first kappa shape index (κ1) is 22.7. The Hall–Kier alpha value is -2.57. The first-order valence-electron chi connectivity index (χ1n) is 8.83. The van der Waals surface area contributed by atoms with Gasteiger partial charge in [0.25, 0.3) is 11.7 Å². The van der Waals surface area contributed by atoms with Crippen LogP contribution >= 0.6 is 0 Å². The molecule has 5 unspecified atom stereocenters. The summed E-state index contributed by atoms with van der Waals surface area (Å²) in [6.07, 6.45) is -7.54. The van der Waals surface area contributed by atoms with Crippen molar-refractivity contribution in [1.29, 1.82) is 0 Å². The molecule has 1 aromatic carbocycles. The number of carboxylic acids is 1. The fourth-order valence-corrected chi connectivity index (χ4v) is 3.04. The Morgan fingerprint density at radius 3 is 2.41 bits per heavy atom. The molecule has 1 saturated heterocycles. The highest BCUT2D eigenvalue weighted by Crippen LogP contribution is 2.30. The van der Waals surface area contributed by atoms with Crippen LogP contribution in [0.25, 0.3) is 0 Å². The van der Waals surface area contributed by atoms with Crippen molar-refractivity contribution < 1.29 is 44.7 Å². The van der Waals surface area contributed by atoms with E-state index in [1.165, 1.54) is 0 Å². The minimum atomic E-state index is -2.83. The lowest BCUT2D eigenvalue weighted by atomic mass is 9.88. The summed E-state index contributed by atoms with van der Waals surface area (Å²) in [7, 11) is 0. The fourth-order valence-electron chi connectivity index (χ4n) is 3.04. The number of hydrogen-bond donors (Lipinski definition) is 7. The number of ether oxygens (including phenoxy) is 1. The van der Waals surface area contributed by atoms with Crippen LogP contribution in [0.2, 0.25) is 0 Å². The summed E-state index contributed by atoms with van der Waals surface area (Å²) in [5.41, 5.74) is 0.315. The molecule has 0 radical (unpaired) electrons. The third-order valence-electron chi connectivity index (χ3n) is 4.53. The molecule has 2 rings (SSSR count). The Kier molecular flexibility index (Phi) is 7.27. The third-order valence-corrected chi connectivity index (χ3v) is 4.53. The van der Waals surface area contributed by atoms with E-state index in [4.69, 9.17) is 9.84 Å². The van der Waals surface area contributed by atoms with Gasteiger partial charge in [-0.25, -0.2) is 4.79 Å². The zero-order valence-corrected chi connectivity index (χ0v) is 15.6. The molecular formula is C18H24N2O9. The van der Waals surface area contributed by atoms with E-state index >= 15 is 0 Å². The zero-order valence-electron chi connectivity index (χ0n) is 15.6. The molecule has 0 bridgehead atoms. The molecule has 6 atom stereocenters. The van der Waals surface area contributed by atoms with E-state index in [-0.39, 0.29) is 0 Å². The number of aliphatic hydroxyl groups is 4. The molecule has 0 saturated carbocycles. The van der Waals surface area contributed by atoms with Crippen LogP contribution in [-0.4, -0.2) is 86.1 Å². The highest BCUT2D eigenvalue weighted by Gasteiger charge is 2.53. The average molecular weight is 412 g/mol. The summed E-state index contributed by atoms with van der Waals surface area (Å²) in [6, 6.07) is 6.77. The van der Waals surface area contributed by atoms with Crippen molar-refractivity contribution in [2.75, 3.05) is 6.54 Å². The van der Waals surface area contributed by atoms with Gasteiger partial charge in [-0.2, -0.15) is 0 Å². The molecule has 2 amide bonds. The number of rotatable bonds is 7. The van der Waals surface area contributed by atoms with E-state index in [0.717, 1.165) is 6.92 Å². The molecule has 1 fully saturated rings. The second-order valence-electron chi connectivity index (χ2n) is 6.80. The van der Waals surface area contributed by atoms with Crippen molar-refractivity contribution >= 4 is 17.8 Å². The summed E-state index contributed by atoms with van der Waals surface area (Å²) in [6.45, 7) is 0.688. The van der Waals surface area contributed by atoms with Crippen molar-refractivity contribution in [2.24, 2.45) is 0 Å². The minimum absolute atomic E-state index is 0.315. The molecule has 7 N–H and O–H groups in total. The number of carbonyl (C=O) groups is 3. The predicted octanol–water partition coefficient (Wildman–Crippen LogP) is -2.43. The van der Waals surface area contributed by atoms with E-state index < -0.39 is 67.0 Å². The van der Waals surface area contributed by atoms with Gasteiger partial charge in [0.05, 0.1) is 18.2 Å².